The number of carbonyl (C=O) groups excluding carboxylic acids is 1. The molecule has 3 aromatic carbocycles. The molecule has 5 rings (SSSR count). The van der Waals surface area contributed by atoms with Crippen LogP contribution in [0, 0.1) is 20.2 Å². The first-order valence-electron chi connectivity index (χ1n) is 11.9. The SMILES string of the molecule is O=Cc1cc(CN2CCN(c3ccc(-c4nc(-c5cccc([N+](=O)[O-])c5)no4)cc3[N+](=O)[O-])CC2)ccc1O. The van der Waals surface area contributed by atoms with Gasteiger partial charge in [-0.15, -0.1) is 0 Å². The Hall–Kier alpha value is -5.17. The van der Waals surface area contributed by atoms with Crippen molar-refractivity contribution in [1.82, 2.24) is 15.0 Å². The van der Waals surface area contributed by atoms with Crippen molar-refractivity contribution in [3.8, 4) is 28.6 Å². The number of aromatic nitrogens is 2. The molecule has 1 saturated heterocycles. The summed E-state index contributed by atoms with van der Waals surface area (Å²) < 4.78 is 5.31. The van der Waals surface area contributed by atoms with E-state index in [1.807, 2.05) is 4.90 Å². The molecule has 0 bridgehead atoms. The average molecular weight is 530 g/mol. The second-order valence-electron chi connectivity index (χ2n) is 8.97. The lowest BCUT2D eigenvalue weighted by atomic mass is 10.1. The molecule has 0 spiro atoms. The largest absolute Gasteiger partial charge is 0.507 e. The fourth-order valence-electron chi connectivity index (χ4n) is 4.49. The van der Waals surface area contributed by atoms with Crippen molar-refractivity contribution in [3.05, 3.63) is 92.0 Å². The summed E-state index contributed by atoms with van der Waals surface area (Å²) in [6.07, 6.45) is 0.614. The Morgan fingerprint density at radius 3 is 2.46 bits per heavy atom. The number of nitrogens with zero attached hydrogens (tertiary/aromatic N) is 6. The van der Waals surface area contributed by atoms with E-state index in [1.54, 1.807) is 30.3 Å². The number of nitro groups is 2. The minimum Gasteiger partial charge on any atom is -0.507 e. The Labute approximate surface area is 221 Å². The number of carbonyl (C=O) groups is 1. The van der Waals surface area contributed by atoms with E-state index < -0.39 is 9.85 Å². The van der Waals surface area contributed by atoms with Gasteiger partial charge in [-0.2, -0.15) is 4.98 Å². The standard InChI is InChI=1S/C26H22N6O7/c33-16-20-12-17(4-7-24(20)34)15-29-8-10-30(11-9-29)22-6-5-19(14-23(22)32(37)38)26-27-25(28-39-26)18-2-1-3-21(13-18)31(35)36/h1-7,12-14,16,34H,8-11,15H2. The molecule has 13 nitrogen and oxygen atoms in total. The highest BCUT2D eigenvalue weighted by Gasteiger charge is 2.26. The number of aromatic hydroxyl groups is 1. The van der Waals surface area contributed by atoms with Gasteiger partial charge in [0.25, 0.3) is 17.3 Å². The van der Waals surface area contributed by atoms with E-state index in [2.05, 4.69) is 15.0 Å². The fraction of sp³-hybridized carbons (Fsp3) is 0.192. The number of benzene rings is 3. The van der Waals surface area contributed by atoms with Crippen molar-refractivity contribution in [2.45, 2.75) is 6.54 Å². The normalized spacial score (nSPS) is 13.8. The second kappa shape index (κ2) is 10.7. The van der Waals surface area contributed by atoms with Crippen molar-refractivity contribution in [2.75, 3.05) is 31.1 Å². The summed E-state index contributed by atoms with van der Waals surface area (Å²) in [7, 11) is 0. The molecule has 0 amide bonds. The maximum atomic E-state index is 12.0. The quantitative estimate of drug-likeness (QED) is 0.198. The molecule has 0 unspecified atom stereocenters. The molecule has 1 aromatic heterocycles. The van der Waals surface area contributed by atoms with Gasteiger partial charge in [-0.1, -0.05) is 23.4 Å². The Balaban J connectivity index is 1.31. The molecular weight excluding hydrogens is 508 g/mol. The zero-order valence-electron chi connectivity index (χ0n) is 20.5. The summed E-state index contributed by atoms with van der Waals surface area (Å²) in [5.74, 6) is 0.125. The van der Waals surface area contributed by atoms with Crippen LogP contribution in [-0.2, 0) is 6.54 Å². The number of piperazine rings is 1. The first-order valence-corrected chi connectivity index (χ1v) is 11.9. The van der Waals surface area contributed by atoms with Crippen LogP contribution < -0.4 is 4.90 Å². The fourth-order valence-corrected chi connectivity index (χ4v) is 4.49. The van der Waals surface area contributed by atoms with Crippen molar-refractivity contribution in [2.24, 2.45) is 0 Å². The van der Waals surface area contributed by atoms with Gasteiger partial charge in [0.2, 0.25) is 5.82 Å². The van der Waals surface area contributed by atoms with Crippen LogP contribution in [0.15, 0.2) is 65.2 Å². The molecule has 1 aliphatic rings. The van der Waals surface area contributed by atoms with Gasteiger partial charge in [-0.25, -0.2) is 0 Å². The molecule has 13 heteroatoms. The number of non-ortho nitro benzene ring substituents is 1. The van der Waals surface area contributed by atoms with Crippen molar-refractivity contribution >= 4 is 23.3 Å². The van der Waals surface area contributed by atoms with Crippen LogP contribution in [0.2, 0.25) is 0 Å². The lowest BCUT2D eigenvalue weighted by molar-refractivity contribution is -0.384. The molecule has 39 heavy (non-hydrogen) atoms. The smallest absolute Gasteiger partial charge is 0.293 e. The Kier molecular flexibility index (Phi) is 6.97. The highest BCUT2D eigenvalue weighted by molar-refractivity contribution is 5.79. The van der Waals surface area contributed by atoms with Gasteiger partial charge in [0.05, 0.1) is 15.4 Å². The van der Waals surface area contributed by atoms with Crippen LogP contribution in [-0.4, -0.2) is 62.5 Å². The molecule has 2 heterocycles. The molecule has 0 aliphatic carbocycles. The Bertz CT molecular complexity index is 1560. The monoisotopic (exact) mass is 530 g/mol. The lowest BCUT2D eigenvalue weighted by Crippen LogP contribution is -2.46. The zero-order chi connectivity index (χ0) is 27.5. The maximum Gasteiger partial charge on any atom is 0.293 e. The van der Waals surface area contributed by atoms with E-state index in [-0.39, 0.29) is 34.4 Å². The van der Waals surface area contributed by atoms with Crippen molar-refractivity contribution in [3.63, 3.8) is 0 Å². The van der Waals surface area contributed by atoms with Crippen LogP contribution in [0.4, 0.5) is 17.1 Å². The summed E-state index contributed by atoms with van der Waals surface area (Å²) in [5.41, 5.74) is 2.11. The van der Waals surface area contributed by atoms with Crippen LogP contribution in [0.25, 0.3) is 22.8 Å². The number of phenolic OH excluding ortho intramolecular Hbond substituents is 1. The molecular formula is C26H22N6O7. The first kappa shape index (κ1) is 25.5. The summed E-state index contributed by atoms with van der Waals surface area (Å²) >= 11 is 0. The lowest BCUT2D eigenvalue weighted by Gasteiger charge is -2.35. The van der Waals surface area contributed by atoms with E-state index in [4.69, 9.17) is 4.52 Å². The first-order chi connectivity index (χ1) is 18.8. The number of aldehydes is 1. The van der Waals surface area contributed by atoms with E-state index in [0.717, 1.165) is 5.56 Å². The highest BCUT2D eigenvalue weighted by atomic mass is 16.6. The van der Waals surface area contributed by atoms with Gasteiger partial charge in [0, 0.05) is 62.0 Å². The van der Waals surface area contributed by atoms with Crippen LogP contribution >= 0.6 is 0 Å². The molecule has 0 saturated carbocycles. The van der Waals surface area contributed by atoms with Gasteiger partial charge in [0.15, 0.2) is 6.29 Å². The van der Waals surface area contributed by atoms with E-state index in [1.165, 1.54) is 30.3 Å². The molecule has 198 valence electrons. The predicted octanol–water partition coefficient (Wildman–Crippen LogP) is 4.06. The summed E-state index contributed by atoms with van der Waals surface area (Å²) in [4.78, 5) is 41.5. The van der Waals surface area contributed by atoms with E-state index >= 15 is 0 Å². The van der Waals surface area contributed by atoms with E-state index in [9.17, 15) is 30.1 Å². The minimum absolute atomic E-state index is 0.0552. The third-order valence-electron chi connectivity index (χ3n) is 6.50. The Morgan fingerprint density at radius 1 is 0.949 bits per heavy atom. The number of anilines is 1. The number of phenols is 1. The van der Waals surface area contributed by atoms with E-state index in [0.29, 0.717) is 55.8 Å². The maximum absolute atomic E-state index is 12.0. The van der Waals surface area contributed by atoms with Gasteiger partial charge in [-0.3, -0.25) is 29.9 Å². The average Bonchev–Trinajstić information content (AvgIpc) is 3.45. The number of hydrogen-bond acceptors (Lipinski definition) is 11. The minimum atomic E-state index is -0.525. The molecule has 0 atom stereocenters. The third kappa shape index (κ3) is 5.43. The van der Waals surface area contributed by atoms with Crippen LogP contribution in [0.3, 0.4) is 0 Å². The zero-order valence-corrected chi connectivity index (χ0v) is 20.5. The molecule has 1 fully saturated rings. The number of hydrogen-bond donors (Lipinski definition) is 1. The van der Waals surface area contributed by atoms with Gasteiger partial charge >= 0.3 is 0 Å². The van der Waals surface area contributed by atoms with Crippen LogP contribution in [0.1, 0.15) is 15.9 Å². The van der Waals surface area contributed by atoms with Gasteiger partial charge in [-0.05, 0) is 29.8 Å². The Morgan fingerprint density at radius 2 is 1.74 bits per heavy atom. The topological polar surface area (TPSA) is 169 Å². The number of nitro benzene ring substituents is 2. The molecule has 0 radical (unpaired) electrons. The predicted molar refractivity (Wildman–Crippen MR) is 139 cm³/mol. The highest BCUT2D eigenvalue weighted by Crippen LogP contribution is 2.34. The summed E-state index contributed by atoms with van der Waals surface area (Å²) in [6.45, 7) is 2.98. The third-order valence-corrected chi connectivity index (χ3v) is 6.50. The molecule has 1 N–H and O–H groups in total. The van der Waals surface area contributed by atoms with Gasteiger partial charge < -0.3 is 14.5 Å². The summed E-state index contributed by atoms with van der Waals surface area (Å²) in [6, 6.07) is 15.4. The number of rotatable bonds is 8. The van der Waals surface area contributed by atoms with Crippen LogP contribution in [0.5, 0.6) is 5.75 Å². The molecule has 4 aromatic rings. The second-order valence-corrected chi connectivity index (χ2v) is 8.97. The molecule has 1 aliphatic heterocycles. The van der Waals surface area contributed by atoms with Crippen molar-refractivity contribution in [1.29, 1.82) is 0 Å². The van der Waals surface area contributed by atoms with Gasteiger partial charge in [0.1, 0.15) is 11.4 Å². The van der Waals surface area contributed by atoms with Crippen molar-refractivity contribution < 1.29 is 24.3 Å². The summed E-state index contributed by atoms with van der Waals surface area (Å²) in [5, 5.41) is 36.6.